The number of anilines is 2. The Hall–Kier alpha value is -2.22. The molecule has 0 bridgehead atoms. The van der Waals surface area contributed by atoms with E-state index in [4.69, 9.17) is 4.42 Å². The van der Waals surface area contributed by atoms with Gasteiger partial charge in [-0.05, 0) is 18.7 Å². The molecular formula is C12H14F2N4O2. The Morgan fingerprint density at radius 3 is 2.85 bits per heavy atom. The minimum Gasteiger partial charge on any atom is -0.433 e. The summed E-state index contributed by atoms with van der Waals surface area (Å²) in [6.45, 7) is 0.272. The monoisotopic (exact) mass is 284 g/mol. The molecule has 108 valence electrons. The van der Waals surface area contributed by atoms with Gasteiger partial charge in [-0.15, -0.1) is 5.10 Å². The van der Waals surface area contributed by atoms with Gasteiger partial charge in [0.15, 0.2) is 0 Å². The molecule has 0 aliphatic heterocycles. The molecule has 0 saturated heterocycles. The van der Waals surface area contributed by atoms with Gasteiger partial charge in [0, 0.05) is 0 Å². The van der Waals surface area contributed by atoms with E-state index in [0.29, 0.717) is 18.1 Å². The predicted octanol–water partition coefficient (Wildman–Crippen LogP) is 2.52. The largest absolute Gasteiger partial charge is 0.433 e. The van der Waals surface area contributed by atoms with Crippen LogP contribution in [0.2, 0.25) is 0 Å². The summed E-state index contributed by atoms with van der Waals surface area (Å²) in [6, 6.07) is 6.38. The highest BCUT2D eigenvalue weighted by Crippen LogP contribution is 2.28. The van der Waals surface area contributed by atoms with E-state index in [0.717, 1.165) is 6.54 Å². The van der Waals surface area contributed by atoms with E-state index in [1.165, 1.54) is 6.07 Å². The molecule has 0 fully saturated rings. The van der Waals surface area contributed by atoms with E-state index in [9.17, 15) is 8.78 Å². The molecule has 6 nitrogen and oxygen atoms in total. The topological polar surface area (TPSA) is 72.2 Å². The van der Waals surface area contributed by atoms with Crippen LogP contribution in [-0.2, 0) is 6.54 Å². The highest BCUT2D eigenvalue weighted by Gasteiger charge is 2.12. The molecule has 0 radical (unpaired) electrons. The van der Waals surface area contributed by atoms with Crippen molar-refractivity contribution < 1.29 is 17.9 Å². The van der Waals surface area contributed by atoms with Crippen molar-refractivity contribution in [2.45, 2.75) is 20.1 Å². The van der Waals surface area contributed by atoms with Gasteiger partial charge in [-0.3, -0.25) is 0 Å². The molecular weight excluding hydrogens is 270 g/mol. The zero-order valence-electron chi connectivity index (χ0n) is 10.8. The summed E-state index contributed by atoms with van der Waals surface area (Å²) in [7, 11) is 0. The number of aromatic nitrogens is 2. The molecule has 2 rings (SSSR count). The molecule has 0 spiro atoms. The molecule has 0 amide bonds. The van der Waals surface area contributed by atoms with Crippen LogP contribution in [0.4, 0.5) is 20.5 Å². The number of ether oxygens (including phenoxy) is 1. The molecule has 0 atom stereocenters. The Bertz CT molecular complexity index is 548. The lowest BCUT2D eigenvalue weighted by Gasteiger charge is -2.09. The summed E-state index contributed by atoms with van der Waals surface area (Å²) >= 11 is 0. The van der Waals surface area contributed by atoms with E-state index in [1.54, 1.807) is 18.2 Å². The fourth-order valence-corrected chi connectivity index (χ4v) is 1.49. The number of halogens is 2. The Kier molecular flexibility index (Phi) is 4.83. The van der Waals surface area contributed by atoms with Crippen molar-refractivity contribution in [3.05, 3.63) is 30.2 Å². The highest BCUT2D eigenvalue weighted by molar-refractivity contribution is 5.61. The number of hydrogen-bond donors (Lipinski definition) is 2. The first-order valence-corrected chi connectivity index (χ1v) is 6.03. The van der Waals surface area contributed by atoms with Crippen LogP contribution in [0.3, 0.4) is 0 Å². The highest BCUT2D eigenvalue weighted by atomic mass is 19.3. The second kappa shape index (κ2) is 6.80. The Labute approximate surface area is 114 Å². The Morgan fingerprint density at radius 1 is 1.30 bits per heavy atom. The molecule has 1 heterocycles. The second-order valence-electron chi connectivity index (χ2n) is 3.78. The minimum atomic E-state index is -2.90. The Morgan fingerprint density at radius 2 is 2.10 bits per heavy atom. The zero-order valence-corrected chi connectivity index (χ0v) is 10.8. The lowest BCUT2D eigenvalue weighted by molar-refractivity contribution is -0.0493. The first kappa shape index (κ1) is 14.2. The lowest BCUT2D eigenvalue weighted by atomic mass is 10.3. The summed E-state index contributed by atoms with van der Waals surface area (Å²) in [5.41, 5.74) is 0.325. The molecule has 1 aromatic heterocycles. The summed E-state index contributed by atoms with van der Waals surface area (Å²) in [6.07, 6.45) is 0. The van der Waals surface area contributed by atoms with E-state index in [-0.39, 0.29) is 11.8 Å². The summed E-state index contributed by atoms with van der Waals surface area (Å²) in [5, 5.41) is 13.4. The van der Waals surface area contributed by atoms with Crippen LogP contribution < -0.4 is 15.4 Å². The normalized spacial score (nSPS) is 10.8. The summed E-state index contributed by atoms with van der Waals surface area (Å²) in [5.74, 6) is 0.413. The van der Waals surface area contributed by atoms with Gasteiger partial charge in [0.25, 0.3) is 0 Å². The molecule has 0 aliphatic carbocycles. The first-order chi connectivity index (χ1) is 9.69. The SMILES string of the molecule is CCNCc1nnc(Nc2ccccc2OC(F)F)o1. The first-order valence-electron chi connectivity index (χ1n) is 6.03. The van der Waals surface area contributed by atoms with Crippen molar-refractivity contribution in [2.75, 3.05) is 11.9 Å². The maximum Gasteiger partial charge on any atom is 0.387 e. The van der Waals surface area contributed by atoms with Gasteiger partial charge in [-0.1, -0.05) is 24.2 Å². The molecule has 8 heteroatoms. The van der Waals surface area contributed by atoms with E-state index in [1.807, 2.05) is 6.92 Å². The van der Waals surface area contributed by atoms with Crippen LogP contribution in [-0.4, -0.2) is 23.4 Å². The van der Waals surface area contributed by atoms with Crippen molar-refractivity contribution in [1.82, 2.24) is 15.5 Å². The quantitative estimate of drug-likeness (QED) is 0.814. The lowest BCUT2D eigenvalue weighted by Crippen LogP contribution is -2.11. The third-order valence-corrected chi connectivity index (χ3v) is 2.34. The molecule has 2 N–H and O–H groups in total. The van der Waals surface area contributed by atoms with Crippen LogP contribution in [0.1, 0.15) is 12.8 Å². The van der Waals surface area contributed by atoms with Gasteiger partial charge in [0.05, 0.1) is 12.2 Å². The van der Waals surface area contributed by atoms with Crippen molar-refractivity contribution >= 4 is 11.7 Å². The number of nitrogens with zero attached hydrogens (tertiary/aromatic N) is 2. The maximum absolute atomic E-state index is 12.3. The van der Waals surface area contributed by atoms with Gasteiger partial charge in [0.2, 0.25) is 5.89 Å². The predicted molar refractivity (Wildman–Crippen MR) is 68.0 cm³/mol. The third-order valence-electron chi connectivity index (χ3n) is 2.34. The number of alkyl halides is 2. The number of benzene rings is 1. The van der Waals surface area contributed by atoms with Gasteiger partial charge < -0.3 is 19.8 Å². The minimum absolute atomic E-state index is 0.00827. The second-order valence-corrected chi connectivity index (χ2v) is 3.78. The summed E-state index contributed by atoms with van der Waals surface area (Å²) in [4.78, 5) is 0. The standard InChI is InChI=1S/C12H14F2N4O2/c1-2-15-7-10-17-18-12(20-10)16-8-5-3-4-6-9(8)19-11(13)14/h3-6,11,15H,2,7H2,1H3,(H,16,18). The number of hydrogen-bond acceptors (Lipinski definition) is 6. The van der Waals surface area contributed by atoms with Crippen LogP contribution >= 0.6 is 0 Å². The van der Waals surface area contributed by atoms with Crippen LogP contribution in [0, 0.1) is 0 Å². The van der Waals surface area contributed by atoms with Crippen molar-refractivity contribution in [3.8, 4) is 5.75 Å². The van der Waals surface area contributed by atoms with Crippen LogP contribution in [0.5, 0.6) is 5.75 Å². The molecule has 20 heavy (non-hydrogen) atoms. The number of rotatable bonds is 7. The molecule has 0 aliphatic rings. The zero-order chi connectivity index (χ0) is 14.4. The average Bonchev–Trinajstić information content (AvgIpc) is 2.86. The molecule has 1 aromatic carbocycles. The van der Waals surface area contributed by atoms with Gasteiger partial charge >= 0.3 is 12.6 Å². The van der Waals surface area contributed by atoms with Crippen molar-refractivity contribution in [2.24, 2.45) is 0 Å². The summed E-state index contributed by atoms with van der Waals surface area (Å²) < 4.78 is 34.2. The molecule has 2 aromatic rings. The maximum atomic E-state index is 12.3. The van der Waals surface area contributed by atoms with E-state index < -0.39 is 6.61 Å². The fourth-order valence-electron chi connectivity index (χ4n) is 1.49. The number of para-hydroxylation sites is 2. The average molecular weight is 284 g/mol. The van der Waals surface area contributed by atoms with Crippen molar-refractivity contribution in [1.29, 1.82) is 0 Å². The van der Waals surface area contributed by atoms with E-state index in [2.05, 4.69) is 25.6 Å². The molecule has 0 unspecified atom stereocenters. The van der Waals surface area contributed by atoms with Crippen LogP contribution in [0.15, 0.2) is 28.7 Å². The van der Waals surface area contributed by atoms with Crippen LogP contribution in [0.25, 0.3) is 0 Å². The third kappa shape index (κ3) is 3.89. The smallest absolute Gasteiger partial charge is 0.387 e. The fraction of sp³-hybridized carbons (Fsp3) is 0.333. The molecule has 0 saturated carbocycles. The van der Waals surface area contributed by atoms with E-state index >= 15 is 0 Å². The van der Waals surface area contributed by atoms with Gasteiger partial charge in [-0.25, -0.2) is 0 Å². The Balaban J connectivity index is 2.07. The van der Waals surface area contributed by atoms with Gasteiger partial charge in [-0.2, -0.15) is 8.78 Å². The number of nitrogens with one attached hydrogen (secondary N) is 2. The van der Waals surface area contributed by atoms with Gasteiger partial charge in [0.1, 0.15) is 5.75 Å². The van der Waals surface area contributed by atoms with Crippen molar-refractivity contribution in [3.63, 3.8) is 0 Å².